The highest BCUT2D eigenvalue weighted by molar-refractivity contribution is 5.96. The second-order valence-electron chi connectivity index (χ2n) is 3.91. The topological polar surface area (TPSA) is 58.1 Å². The average molecular weight is 220 g/mol. The van der Waals surface area contributed by atoms with Gasteiger partial charge >= 0.3 is 0 Å². The van der Waals surface area contributed by atoms with Crippen LogP contribution >= 0.6 is 0 Å². The Kier molecular flexibility index (Phi) is 3.46. The minimum Gasteiger partial charge on any atom is -0.309 e. The van der Waals surface area contributed by atoms with Crippen LogP contribution in [0.25, 0.3) is 0 Å². The largest absolute Gasteiger partial charge is 0.309 e. The number of carbonyl (C=O) groups excluding carboxylic acids is 1. The molecule has 0 aliphatic carbocycles. The molecule has 1 atom stereocenters. The highest BCUT2D eigenvalue weighted by Crippen LogP contribution is 2.17. The summed E-state index contributed by atoms with van der Waals surface area (Å²) in [5, 5.41) is 10.9. The Morgan fingerprint density at radius 2 is 2.38 bits per heavy atom. The first kappa shape index (κ1) is 11.0. The van der Waals surface area contributed by atoms with Gasteiger partial charge in [0.05, 0.1) is 6.04 Å². The third kappa shape index (κ3) is 2.19. The number of anilines is 1. The molecule has 1 amide bonds. The van der Waals surface area contributed by atoms with E-state index in [1.807, 2.05) is 13.1 Å². The van der Waals surface area contributed by atoms with Crippen LogP contribution in [-0.4, -0.2) is 35.7 Å². The van der Waals surface area contributed by atoms with Crippen LogP contribution in [0.5, 0.6) is 0 Å². The number of nitrogens with one attached hydrogen (secondary N) is 1. The molecule has 0 spiro atoms. The summed E-state index contributed by atoms with van der Waals surface area (Å²) in [4.78, 5) is 13.9. The number of hydrogen-bond acceptors (Lipinski definition) is 4. The first-order valence-corrected chi connectivity index (χ1v) is 5.59. The lowest BCUT2D eigenvalue weighted by molar-refractivity contribution is -0.120. The standard InChI is InChI=1S/C11H16N4O/c1-12-9-5-2-3-8-15(11(9)16)10-6-4-7-13-14-10/h4,6-7,9,12H,2-3,5,8H2,1H3. The Labute approximate surface area is 94.9 Å². The van der Waals surface area contributed by atoms with Gasteiger partial charge in [-0.05, 0) is 38.4 Å². The zero-order valence-corrected chi connectivity index (χ0v) is 9.39. The van der Waals surface area contributed by atoms with Gasteiger partial charge in [0.15, 0.2) is 5.82 Å². The van der Waals surface area contributed by atoms with Crippen LogP contribution in [0.15, 0.2) is 18.3 Å². The minimum atomic E-state index is -0.0930. The summed E-state index contributed by atoms with van der Waals surface area (Å²) in [6, 6.07) is 3.53. The zero-order chi connectivity index (χ0) is 11.4. The average Bonchev–Trinajstić information content (AvgIpc) is 2.52. The quantitative estimate of drug-likeness (QED) is 0.792. The van der Waals surface area contributed by atoms with E-state index in [9.17, 15) is 4.79 Å². The summed E-state index contributed by atoms with van der Waals surface area (Å²) in [5.41, 5.74) is 0. The van der Waals surface area contributed by atoms with Crippen LogP contribution in [0.2, 0.25) is 0 Å². The summed E-state index contributed by atoms with van der Waals surface area (Å²) in [6.45, 7) is 0.732. The van der Waals surface area contributed by atoms with Crippen LogP contribution in [-0.2, 0) is 4.79 Å². The van der Waals surface area contributed by atoms with Crippen molar-refractivity contribution in [2.45, 2.75) is 25.3 Å². The second-order valence-corrected chi connectivity index (χ2v) is 3.91. The molecule has 0 saturated carbocycles. The second kappa shape index (κ2) is 5.03. The molecule has 0 radical (unpaired) electrons. The van der Waals surface area contributed by atoms with E-state index in [0.717, 1.165) is 25.8 Å². The molecule has 0 bridgehead atoms. The van der Waals surface area contributed by atoms with Crippen molar-refractivity contribution in [3.63, 3.8) is 0 Å². The Balaban J connectivity index is 2.22. The highest BCUT2D eigenvalue weighted by Gasteiger charge is 2.27. The Hall–Kier alpha value is -1.49. The van der Waals surface area contributed by atoms with Crippen LogP contribution in [0.4, 0.5) is 5.82 Å². The Morgan fingerprint density at radius 1 is 1.50 bits per heavy atom. The maximum Gasteiger partial charge on any atom is 0.245 e. The molecule has 5 heteroatoms. The first-order chi connectivity index (χ1) is 7.83. The van der Waals surface area contributed by atoms with Gasteiger partial charge in [-0.3, -0.25) is 9.69 Å². The minimum absolute atomic E-state index is 0.0930. The maximum atomic E-state index is 12.2. The van der Waals surface area contributed by atoms with Crippen LogP contribution in [0.1, 0.15) is 19.3 Å². The molecule has 1 aliphatic rings. The fourth-order valence-corrected chi connectivity index (χ4v) is 1.97. The number of rotatable bonds is 2. The van der Waals surface area contributed by atoms with Crippen molar-refractivity contribution < 1.29 is 4.79 Å². The smallest absolute Gasteiger partial charge is 0.245 e. The molecule has 1 aliphatic heterocycles. The van der Waals surface area contributed by atoms with E-state index >= 15 is 0 Å². The van der Waals surface area contributed by atoms with E-state index in [0.29, 0.717) is 5.82 Å². The van der Waals surface area contributed by atoms with E-state index in [1.165, 1.54) is 0 Å². The van der Waals surface area contributed by atoms with Crippen molar-refractivity contribution in [1.82, 2.24) is 15.5 Å². The molecule has 5 nitrogen and oxygen atoms in total. The summed E-state index contributed by atoms with van der Waals surface area (Å²) in [6.07, 6.45) is 4.59. The molecular formula is C11H16N4O. The van der Waals surface area contributed by atoms with Crippen LogP contribution in [0, 0.1) is 0 Å². The van der Waals surface area contributed by atoms with Crippen molar-refractivity contribution in [3.8, 4) is 0 Å². The monoisotopic (exact) mass is 220 g/mol. The molecule has 1 saturated heterocycles. The normalized spacial score (nSPS) is 21.9. The molecule has 86 valence electrons. The van der Waals surface area contributed by atoms with Gasteiger partial charge < -0.3 is 5.32 Å². The molecule has 1 N–H and O–H groups in total. The number of hydrogen-bond donors (Lipinski definition) is 1. The third-order valence-corrected chi connectivity index (χ3v) is 2.87. The van der Waals surface area contributed by atoms with Gasteiger partial charge in [0.25, 0.3) is 0 Å². The summed E-state index contributed by atoms with van der Waals surface area (Å²) < 4.78 is 0. The maximum absolute atomic E-state index is 12.2. The fraction of sp³-hybridized carbons (Fsp3) is 0.545. The SMILES string of the molecule is CNC1CCCCN(c2cccnn2)C1=O. The van der Waals surface area contributed by atoms with Gasteiger partial charge in [-0.1, -0.05) is 0 Å². The van der Waals surface area contributed by atoms with Crippen molar-refractivity contribution in [2.75, 3.05) is 18.5 Å². The summed E-state index contributed by atoms with van der Waals surface area (Å²) >= 11 is 0. The Bertz CT molecular complexity index is 354. The van der Waals surface area contributed by atoms with Crippen molar-refractivity contribution in [2.24, 2.45) is 0 Å². The molecule has 1 aromatic heterocycles. The van der Waals surface area contributed by atoms with E-state index in [-0.39, 0.29) is 11.9 Å². The fourth-order valence-electron chi connectivity index (χ4n) is 1.97. The number of nitrogens with zero attached hydrogens (tertiary/aromatic N) is 3. The molecule has 0 aromatic carbocycles. The predicted octanol–water partition coefficient (Wildman–Crippen LogP) is 0.581. The molecule has 1 fully saturated rings. The molecule has 1 aromatic rings. The Morgan fingerprint density at radius 3 is 3.06 bits per heavy atom. The van der Waals surface area contributed by atoms with Crippen LogP contribution in [0.3, 0.4) is 0 Å². The van der Waals surface area contributed by atoms with Crippen molar-refractivity contribution in [1.29, 1.82) is 0 Å². The van der Waals surface area contributed by atoms with E-state index in [1.54, 1.807) is 17.2 Å². The molecular weight excluding hydrogens is 204 g/mol. The lowest BCUT2D eigenvalue weighted by atomic mass is 10.1. The molecule has 2 heterocycles. The van der Waals surface area contributed by atoms with Gasteiger partial charge in [-0.25, -0.2) is 0 Å². The van der Waals surface area contributed by atoms with Gasteiger partial charge in [0, 0.05) is 12.7 Å². The van der Waals surface area contributed by atoms with Gasteiger partial charge in [0.2, 0.25) is 5.91 Å². The predicted molar refractivity (Wildman–Crippen MR) is 61.1 cm³/mol. The molecule has 2 rings (SSSR count). The van der Waals surface area contributed by atoms with Crippen molar-refractivity contribution >= 4 is 11.7 Å². The number of likely N-dealkylation sites (N-methyl/N-ethyl adjacent to an activating group) is 1. The van der Waals surface area contributed by atoms with E-state index in [2.05, 4.69) is 15.5 Å². The van der Waals surface area contributed by atoms with Gasteiger partial charge in [-0.15, -0.1) is 5.10 Å². The molecule has 16 heavy (non-hydrogen) atoms. The highest BCUT2D eigenvalue weighted by atomic mass is 16.2. The van der Waals surface area contributed by atoms with Gasteiger partial charge in [0.1, 0.15) is 0 Å². The summed E-state index contributed by atoms with van der Waals surface area (Å²) in [5.74, 6) is 0.746. The number of carbonyl (C=O) groups is 1. The van der Waals surface area contributed by atoms with Gasteiger partial charge in [-0.2, -0.15) is 5.10 Å². The van der Waals surface area contributed by atoms with E-state index < -0.39 is 0 Å². The molecule has 1 unspecified atom stereocenters. The van der Waals surface area contributed by atoms with E-state index in [4.69, 9.17) is 0 Å². The lowest BCUT2D eigenvalue weighted by Gasteiger charge is -2.22. The zero-order valence-electron chi connectivity index (χ0n) is 9.39. The number of amides is 1. The first-order valence-electron chi connectivity index (χ1n) is 5.59. The third-order valence-electron chi connectivity index (χ3n) is 2.87. The van der Waals surface area contributed by atoms with Crippen molar-refractivity contribution in [3.05, 3.63) is 18.3 Å². The summed E-state index contributed by atoms with van der Waals surface area (Å²) in [7, 11) is 1.82. The lowest BCUT2D eigenvalue weighted by Crippen LogP contribution is -2.44. The number of aromatic nitrogens is 2. The van der Waals surface area contributed by atoms with Crippen LogP contribution < -0.4 is 10.2 Å².